The van der Waals surface area contributed by atoms with Crippen LogP contribution in [0.3, 0.4) is 0 Å². The van der Waals surface area contributed by atoms with Gasteiger partial charge in [0.15, 0.2) is 5.96 Å². The summed E-state index contributed by atoms with van der Waals surface area (Å²) in [6.45, 7) is 2.45. The van der Waals surface area contributed by atoms with Gasteiger partial charge in [0.25, 0.3) is 0 Å². The number of nitrogens with two attached hydrogens (primary N) is 1. The monoisotopic (exact) mass is 398 g/mol. The largest absolute Gasteiger partial charge is 0.481 e. The average molecular weight is 398 g/mol. The number of nitrogens with zero attached hydrogens (tertiary/aromatic N) is 2. The first-order valence-electron chi connectivity index (χ1n) is 6.30. The predicted octanol–water partition coefficient (Wildman–Crippen LogP) is 2.94. The third-order valence-electron chi connectivity index (χ3n) is 2.75. The van der Waals surface area contributed by atoms with Crippen molar-refractivity contribution < 1.29 is 4.74 Å². The highest BCUT2D eigenvalue weighted by Crippen LogP contribution is 2.14. The lowest BCUT2D eigenvalue weighted by atomic mass is 10.2. The van der Waals surface area contributed by atoms with E-state index in [9.17, 15) is 0 Å². The van der Waals surface area contributed by atoms with Crippen LogP contribution in [0.5, 0.6) is 5.88 Å². The minimum absolute atomic E-state index is 0. The fraction of sp³-hybridized carbons (Fsp3) is 0.200. The molecule has 0 aliphatic rings. The zero-order valence-corrected chi connectivity index (χ0v) is 14.4. The molecule has 2 aromatic rings. The Kier molecular flexibility index (Phi) is 6.93. The third kappa shape index (κ3) is 5.22. The van der Waals surface area contributed by atoms with Gasteiger partial charge >= 0.3 is 0 Å². The normalized spacial score (nSPS) is 10.7. The highest BCUT2D eigenvalue weighted by molar-refractivity contribution is 14.0. The van der Waals surface area contributed by atoms with Crippen LogP contribution in [-0.2, 0) is 6.54 Å². The van der Waals surface area contributed by atoms with Crippen molar-refractivity contribution in [2.24, 2.45) is 10.7 Å². The van der Waals surface area contributed by atoms with Crippen LogP contribution < -0.4 is 15.8 Å². The van der Waals surface area contributed by atoms with Gasteiger partial charge in [0.05, 0.1) is 13.7 Å². The summed E-state index contributed by atoms with van der Waals surface area (Å²) in [7, 11) is 1.59. The van der Waals surface area contributed by atoms with Crippen LogP contribution in [-0.4, -0.2) is 18.1 Å². The van der Waals surface area contributed by atoms with Gasteiger partial charge in [-0.1, -0.05) is 18.2 Å². The second-order valence-corrected chi connectivity index (χ2v) is 4.37. The Morgan fingerprint density at radius 3 is 2.86 bits per heavy atom. The SMILES string of the molecule is COc1ncccc1CN=C(N)Nc1cccc(C)c1.I. The maximum atomic E-state index is 5.87. The molecule has 0 saturated carbocycles. The number of rotatable bonds is 4. The molecule has 0 spiro atoms. The zero-order chi connectivity index (χ0) is 14.4. The van der Waals surface area contributed by atoms with Gasteiger partial charge < -0.3 is 15.8 Å². The Morgan fingerprint density at radius 2 is 2.14 bits per heavy atom. The Labute approximate surface area is 141 Å². The number of aliphatic imine (C=N–C) groups is 1. The fourth-order valence-electron chi connectivity index (χ4n) is 1.81. The predicted molar refractivity (Wildman–Crippen MR) is 96.3 cm³/mol. The number of hydrogen-bond acceptors (Lipinski definition) is 3. The molecule has 5 nitrogen and oxygen atoms in total. The molecule has 0 aliphatic heterocycles. The van der Waals surface area contributed by atoms with Gasteiger partial charge in [-0.05, 0) is 30.7 Å². The van der Waals surface area contributed by atoms with Crippen LogP contribution in [0.25, 0.3) is 0 Å². The van der Waals surface area contributed by atoms with Gasteiger partial charge in [-0.2, -0.15) is 0 Å². The van der Waals surface area contributed by atoms with Crippen molar-refractivity contribution in [1.82, 2.24) is 4.98 Å². The molecule has 1 heterocycles. The lowest BCUT2D eigenvalue weighted by molar-refractivity contribution is 0.392. The molecule has 0 fully saturated rings. The maximum Gasteiger partial charge on any atom is 0.218 e. The number of hydrogen-bond donors (Lipinski definition) is 2. The first-order chi connectivity index (χ1) is 9.69. The van der Waals surface area contributed by atoms with Crippen LogP contribution >= 0.6 is 24.0 Å². The number of guanidine groups is 1. The second-order valence-electron chi connectivity index (χ2n) is 4.37. The smallest absolute Gasteiger partial charge is 0.218 e. The molecular weight excluding hydrogens is 379 g/mol. The molecule has 0 bridgehead atoms. The molecule has 0 atom stereocenters. The topological polar surface area (TPSA) is 72.5 Å². The molecular formula is C15H19IN4O. The Morgan fingerprint density at radius 1 is 1.33 bits per heavy atom. The van der Waals surface area contributed by atoms with Gasteiger partial charge in [0, 0.05) is 17.4 Å². The summed E-state index contributed by atoms with van der Waals surface area (Å²) < 4.78 is 5.17. The highest BCUT2D eigenvalue weighted by atomic mass is 127. The molecule has 0 saturated heterocycles. The quantitative estimate of drug-likeness (QED) is 0.472. The molecule has 0 aliphatic carbocycles. The average Bonchev–Trinajstić information content (AvgIpc) is 2.45. The summed E-state index contributed by atoms with van der Waals surface area (Å²) in [5.74, 6) is 0.932. The lowest BCUT2D eigenvalue weighted by Gasteiger charge is -2.07. The fourth-order valence-corrected chi connectivity index (χ4v) is 1.81. The van der Waals surface area contributed by atoms with E-state index in [0.29, 0.717) is 18.4 Å². The van der Waals surface area contributed by atoms with E-state index in [-0.39, 0.29) is 24.0 Å². The van der Waals surface area contributed by atoms with Crippen LogP contribution in [0.2, 0.25) is 0 Å². The Balaban J connectivity index is 0.00000220. The van der Waals surface area contributed by atoms with E-state index >= 15 is 0 Å². The lowest BCUT2D eigenvalue weighted by Crippen LogP contribution is -2.22. The molecule has 1 aromatic carbocycles. The van der Waals surface area contributed by atoms with Crippen LogP contribution in [0.15, 0.2) is 47.6 Å². The molecule has 21 heavy (non-hydrogen) atoms. The number of nitrogens with one attached hydrogen (secondary N) is 1. The van der Waals surface area contributed by atoms with Crippen molar-refractivity contribution in [3.8, 4) is 5.88 Å². The number of methoxy groups -OCH3 is 1. The molecule has 3 N–H and O–H groups in total. The van der Waals surface area contributed by atoms with Gasteiger partial charge in [0.2, 0.25) is 5.88 Å². The zero-order valence-electron chi connectivity index (χ0n) is 12.0. The van der Waals surface area contributed by atoms with Crippen molar-refractivity contribution in [3.63, 3.8) is 0 Å². The van der Waals surface area contributed by atoms with Gasteiger partial charge in [0.1, 0.15) is 0 Å². The third-order valence-corrected chi connectivity index (χ3v) is 2.75. The Bertz CT molecular complexity index is 616. The van der Waals surface area contributed by atoms with Crippen LogP contribution in [0.1, 0.15) is 11.1 Å². The number of benzene rings is 1. The minimum atomic E-state index is 0. The molecule has 2 rings (SSSR count). The summed E-state index contributed by atoms with van der Waals surface area (Å²) in [5.41, 5.74) is 8.85. The Hall–Kier alpha value is -1.83. The number of anilines is 1. The van der Waals surface area contributed by atoms with Crippen molar-refractivity contribution in [3.05, 3.63) is 53.7 Å². The van der Waals surface area contributed by atoms with E-state index < -0.39 is 0 Å². The van der Waals surface area contributed by atoms with Crippen molar-refractivity contribution in [2.45, 2.75) is 13.5 Å². The summed E-state index contributed by atoms with van der Waals surface area (Å²) >= 11 is 0. The number of aryl methyl sites for hydroxylation is 1. The van der Waals surface area contributed by atoms with E-state index in [1.165, 1.54) is 0 Å². The van der Waals surface area contributed by atoms with Crippen LogP contribution in [0, 0.1) is 6.92 Å². The summed E-state index contributed by atoms with van der Waals surface area (Å²) in [6.07, 6.45) is 1.68. The van der Waals surface area contributed by atoms with Crippen molar-refractivity contribution in [1.29, 1.82) is 0 Å². The molecule has 0 radical (unpaired) electrons. The van der Waals surface area contributed by atoms with E-state index in [1.807, 2.05) is 43.3 Å². The number of ether oxygens (including phenoxy) is 1. The number of pyridine rings is 1. The number of halogens is 1. The van der Waals surface area contributed by atoms with Crippen molar-refractivity contribution >= 4 is 35.6 Å². The minimum Gasteiger partial charge on any atom is -0.481 e. The van der Waals surface area contributed by atoms with Gasteiger partial charge in [-0.25, -0.2) is 9.98 Å². The highest BCUT2D eigenvalue weighted by Gasteiger charge is 2.02. The van der Waals surface area contributed by atoms with Gasteiger partial charge in [-0.15, -0.1) is 24.0 Å². The summed E-state index contributed by atoms with van der Waals surface area (Å²) in [4.78, 5) is 8.41. The molecule has 6 heteroatoms. The maximum absolute atomic E-state index is 5.87. The van der Waals surface area contributed by atoms with Crippen molar-refractivity contribution in [2.75, 3.05) is 12.4 Å². The summed E-state index contributed by atoms with van der Waals surface area (Å²) in [5, 5.41) is 3.06. The van der Waals surface area contributed by atoms with E-state index in [4.69, 9.17) is 10.5 Å². The molecule has 112 valence electrons. The molecule has 0 amide bonds. The molecule has 1 aromatic heterocycles. The molecule has 0 unspecified atom stereocenters. The van der Waals surface area contributed by atoms with Crippen LogP contribution in [0.4, 0.5) is 5.69 Å². The number of aromatic nitrogens is 1. The van der Waals surface area contributed by atoms with E-state index in [1.54, 1.807) is 13.3 Å². The standard InChI is InChI=1S/C15H18N4O.HI/c1-11-5-3-7-13(9-11)19-15(16)18-10-12-6-4-8-17-14(12)20-2;/h3-9H,10H2,1-2H3,(H3,16,18,19);1H. The first kappa shape index (κ1) is 17.2. The second kappa shape index (κ2) is 8.46. The first-order valence-corrected chi connectivity index (χ1v) is 6.30. The van der Waals surface area contributed by atoms with E-state index in [0.717, 1.165) is 16.8 Å². The van der Waals surface area contributed by atoms with Gasteiger partial charge in [-0.3, -0.25) is 0 Å². The summed E-state index contributed by atoms with van der Waals surface area (Å²) in [6, 6.07) is 11.7. The van der Waals surface area contributed by atoms with E-state index in [2.05, 4.69) is 15.3 Å².